The lowest BCUT2D eigenvalue weighted by Crippen LogP contribution is -2.43. The smallest absolute Gasteiger partial charge is 0.0940 e. The molecule has 19 heavy (non-hydrogen) atoms. The van der Waals surface area contributed by atoms with Gasteiger partial charge in [-0.05, 0) is 25.2 Å². The molecule has 0 aromatic carbocycles. The minimum Gasteiger partial charge on any atom is -0.393 e. The zero-order chi connectivity index (χ0) is 13.6. The summed E-state index contributed by atoms with van der Waals surface area (Å²) in [5.41, 5.74) is -0.124. The van der Waals surface area contributed by atoms with Gasteiger partial charge >= 0.3 is 0 Å². The molecule has 1 N–H and O–H groups in total. The molecule has 2 saturated heterocycles. The number of ether oxygens (including phenoxy) is 4. The Bertz CT molecular complexity index is 252. The summed E-state index contributed by atoms with van der Waals surface area (Å²) in [7, 11) is 1.66. The molecule has 0 aromatic heterocycles. The van der Waals surface area contributed by atoms with Crippen molar-refractivity contribution in [3.8, 4) is 0 Å². The van der Waals surface area contributed by atoms with Crippen molar-refractivity contribution in [3.05, 3.63) is 0 Å². The van der Waals surface area contributed by atoms with Crippen LogP contribution in [-0.4, -0.2) is 63.6 Å². The molecule has 1 spiro atoms. The first kappa shape index (κ1) is 15.2. The van der Waals surface area contributed by atoms with Crippen molar-refractivity contribution < 1.29 is 24.1 Å². The molecule has 2 aliphatic heterocycles. The Hall–Kier alpha value is -0.200. The number of hydrogen-bond acceptors (Lipinski definition) is 5. The summed E-state index contributed by atoms with van der Waals surface area (Å²) in [6, 6.07) is 0. The minimum absolute atomic E-state index is 0.124. The van der Waals surface area contributed by atoms with Crippen molar-refractivity contribution in [2.75, 3.05) is 46.8 Å². The van der Waals surface area contributed by atoms with Gasteiger partial charge < -0.3 is 24.1 Å². The summed E-state index contributed by atoms with van der Waals surface area (Å²) < 4.78 is 21.6. The van der Waals surface area contributed by atoms with Crippen molar-refractivity contribution in [3.63, 3.8) is 0 Å². The van der Waals surface area contributed by atoms with E-state index in [-0.39, 0.29) is 11.7 Å². The SMILES string of the molecule is COCCOCCC(O)C1CCOC2(CCOC2)C1. The first-order valence-electron chi connectivity index (χ1n) is 7.22. The average molecular weight is 274 g/mol. The van der Waals surface area contributed by atoms with E-state index in [1.165, 1.54) is 0 Å². The second-order valence-corrected chi connectivity index (χ2v) is 5.55. The second kappa shape index (κ2) is 7.55. The molecule has 2 rings (SSSR count). The van der Waals surface area contributed by atoms with Crippen LogP contribution >= 0.6 is 0 Å². The van der Waals surface area contributed by atoms with E-state index in [2.05, 4.69) is 0 Å². The van der Waals surface area contributed by atoms with Crippen LogP contribution in [0.5, 0.6) is 0 Å². The van der Waals surface area contributed by atoms with Gasteiger partial charge in [0.25, 0.3) is 0 Å². The van der Waals surface area contributed by atoms with Crippen LogP contribution < -0.4 is 0 Å². The lowest BCUT2D eigenvalue weighted by Gasteiger charge is -2.39. The highest BCUT2D eigenvalue weighted by molar-refractivity contribution is 4.92. The topological polar surface area (TPSA) is 57.2 Å². The predicted octanol–water partition coefficient (Wildman–Crippen LogP) is 0.986. The molecular formula is C14H26O5. The number of rotatable bonds is 7. The van der Waals surface area contributed by atoms with Crippen LogP contribution in [0.2, 0.25) is 0 Å². The lowest BCUT2D eigenvalue weighted by molar-refractivity contribution is -0.119. The average Bonchev–Trinajstić information content (AvgIpc) is 2.86. The molecule has 2 fully saturated rings. The number of methoxy groups -OCH3 is 1. The standard InChI is InChI=1S/C14H26O5/c1-16-8-9-17-5-3-13(15)12-2-6-19-14(10-12)4-7-18-11-14/h12-13,15H,2-11H2,1H3. The number of aliphatic hydroxyl groups is 1. The van der Waals surface area contributed by atoms with Crippen molar-refractivity contribution in [1.82, 2.24) is 0 Å². The van der Waals surface area contributed by atoms with Crippen LogP contribution in [0.4, 0.5) is 0 Å². The maximum absolute atomic E-state index is 10.3. The molecule has 0 amide bonds. The Kier molecular flexibility index (Phi) is 6.04. The summed E-state index contributed by atoms with van der Waals surface area (Å²) in [6.07, 6.45) is 3.18. The highest BCUT2D eigenvalue weighted by Crippen LogP contribution is 2.37. The Morgan fingerprint density at radius 3 is 2.95 bits per heavy atom. The van der Waals surface area contributed by atoms with Crippen LogP contribution in [0.15, 0.2) is 0 Å². The maximum Gasteiger partial charge on any atom is 0.0940 e. The van der Waals surface area contributed by atoms with Crippen molar-refractivity contribution >= 4 is 0 Å². The Morgan fingerprint density at radius 1 is 1.32 bits per heavy atom. The normalized spacial score (nSPS) is 32.8. The molecule has 2 heterocycles. The van der Waals surface area contributed by atoms with E-state index in [0.717, 1.165) is 32.5 Å². The molecule has 0 aliphatic carbocycles. The fourth-order valence-electron chi connectivity index (χ4n) is 2.94. The van der Waals surface area contributed by atoms with E-state index in [9.17, 15) is 5.11 Å². The van der Waals surface area contributed by atoms with Crippen molar-refractivity contribution in [1.29, 1.82) is 0 Å². The van der Waals surface area contributed by atoms with Gasteiger partial charge in [-0.1, -0.05) is 0 Å². The van der Waals surface area contributed by atoms with Gasteiger partial charge in [0.2, 0.25) is 0 Å². The zero-order valence-electron chi connectivity index (χ0n) is 11.8. The van der Waals surface area contributed by atoms with Crippen molar-refractivity contribution in [2.24, 2.45) is 5.92 Å². The second-order valence-electron chi connectivity index (χ2n) is 5.55. The third-order valence-corrected chi connectivity index (χ3v) is 4.13. The summed E-state index contributed by atoms with van der Waals surface area (Å²) in [5.74, 6) is 0.307. The van der Waals surface area contributed by atoms with Gasteiger partial charge in [0.15, 0.2) is 0 Å². The molecule has 2 aliphatic rings. The lowest BCUT2D eigenvalue weighted by atomic mass is 9.81. The molecule has 0 radical (unpaired) electrons. The largest absolute Gasteiger partial charge is 0.393 e. The predicted molar refractivity (Wildman–Crippen MR) is 70.2 cm³/mol. The van der Waals surface area contributed by atoms with E-state index in [1.54, 1.807) is 7.11 Å². The van der Waals surface area contributed by atoms with Crippen LogP contribution in [-0.2, 0) is 18.9 Å². The van der Waals surface area contributed by atoms with Crippen LogP contribution in [0.3, 0.4) is 0 Å². The summed E-state index contributed by atoms with van der Waals surface area (Å²) in [4.78, 5) is 0. The fraction of sp³-hybridized carbons (Fsp3) is 1.00. The molecule has 5 heteroatoms. The zero-order valence-corrected chi connectivity index (χ0v) is 11.8. The van der Waals surface area contributed by atoms with Crippen LogP contribution in [0.25, 0.3) is 0 Å². The van der Waals surface area contributed by atoms with Gasteiger partial charge in [-0.15, -0.1) is 0 Å². The Morgan fingerprint density at radius 2 is 2.21 bits per heavy atom. The van der Waals surface area contributed by atoms with Gasteiger partial charge in [-0.3, -0.25) is 0 Å². The molecule has 3 unspecified atom stereocenters. The first-order chi connectivity index (χ1) is 9.26. The Balaban J connectivity index is 1.68. The van der Waals surface area contributed by atoms with Crippen LogP contribution in [0.1, 0.15) is 25.7 Å². The first-order valence-corrected chi connectivity index (χ1v) is 7.22. The number of aliphatic hydroxyl groups excluding tert-OH is 1. The molecular weight excluding hydrogens is 248 g/mol. The molecule has 3 atom stereocenters. The third kappa shape index (κ3) is 4.39. The minimum atomic E-state index is -0.302. The van der Waals surface area contributed by atoms with E-state index >= 15 is 0 Å². The molecule has 5 nitrogen and oxygen atoms in total. The van der Waals surface area contributed by atoms with Crippen LogP contribution in [0, 0.1) is 5.92 Å². The fourth-order valence-corrected chi connectivity index (χ4v) is 2.94. The molecule has 0 saturated carbocycles. The van der Waals surface area contributed by atoms with Gasteiger partial charge in [-0.2, -0.15) is 0 Å². The summed E-state index contributed by atoms with van der Waals surface area (Å²) >= 11 is 0. The summed E-state index contributed by atoms with van der Waals surface area (Å²) in [5, 5.41) is 10.3. The monoisotopic (exact) mass is 274 g/mol. The Labute approximate surface area is 115 Å². The third-order valence-electron chi connectivity index (χ3n) is 4.13. The molecule has 0 aromatic rings. The van der Waals surface area contributed by atoms with E-state index in [0.29, 0.717) is 38.8 Å². The quantitative estimate of drug-likeness (QED) is 0.702. The molecule has 0 bridgehead atoms. The van der Waals surface area contributed by atoms with E-state index in [1.807, 2.05) is 0 Å². The van der Waals surface area contributed by atoms with E-state index in [4.69, 9.17) is 18.9 Å². The summed E-state index contributed by atoms with van der Waals surface area (Å²) in [6.45, 7) is 3.98. The molecule has 112 valence electrons. The van der Waals surface area contributed by atoms with E-state index < -0.39 is 0 Å². The van der Waals surface area contributed by atoms with Crippen molar-refractivity contribution in [2.45, 2.75) is 37.4 Å². The highest BCUT2D eigenvalue weighted by Gasteiger charge is 2.42. The maximum atomic E-state index is 10.3. The number of hydrogen-bond donors (Lipinski definition) is 1. The van der Waals surface area contributed by atoms with Gasteiger partial charge in [0.1, 0.15) is 0 Å². The van der Waals surface area contributed by atoms with Gasteiger partial charge in [0, 0.05) is 33.4 Å². The van der Waals surface area contributed by atoms with Gasteiger partial charge in [0.05, 0.1) is 31.5 Å². The highest BCUT2D eigenvalue weighted by atomic mass is 16.6. The van der Waals surface area contributed by atoms with Gasteiger partial charge in [-0.25, -0.2) is 0 Å².